The predicted octanol–water partition coefficient (Wildman–Crippen LogP) is 10.8. The van der Waals surface area contributed by atoms with Gasteiger partial charge in [0, 0.05) is 91.0 Å². The van der Waals surface area contributed by atoms with Crippen LogP contribution in [0.4, 0.5) is 11.4 Å². The smallest absolute Gasteiger partial charge is 0.206 e. The summed E-state index contributed by atoms with van der Waals surface area (Å²) in [5.74, 6) is 0.0103. The molecule has 0 radical (unpaired) electrons. The highest BCUT2D eigenvalue weighted by Gasteiger charge is 2.41. The second-order valence-corrected chi connectivity index (χ2v) is 13.8. The number of halogens is 4. The van der Waals surface area contributed by atoms with Gasteiger partial charge in [-0.25, -0.2) is 9.69 Å². The lowest BCUT2D eigenvalue weighted by Gasteiger charge is -2.36. The zero-order valence-electron chi connectivity index (χ0n) is 23.2. The molecule has 1 spiro atoms. The van der Waals surface area contributed by atoms with Gasteiger partial charge in [-0.05, 0) is 81.8 Å². The number of Topliss-reactive ketones (excluding diaryl/α,β-unsaturated/α-hetero) is 1. The molecule has 7 rings (SSSR count). The van der Waals surface area contributed by atoms with Crippen LogP contribution in [0, 0.1) is 13.1 Å². The molecular weight excluding hydrogens is 719 g/mol. The summed E-state index contributed by atoms with van der Waals surface area (Å²) in [6, 6.07) is 8.17. The first-order chi connectivity index (χ1) is 20.7. The third kappa shape index (κ3) is 6.01. The summed E-state index contributed by atoms with van der Waals surface area (Å²) in [5, 5.41) is 3.02. The molecule has 2 aliphatic carbocycles. The van der Waals surface area contributed by atoms with E-state index in [1.807, 2.05) is 30.5 Å². The Morgan fingerprint density at radius 2 is 1.21 bits per heavy atom. The standard InChI is InChI=1S/C17H16BrClN2O2.C15H12BrClN2O/c1-20-15-8-12-13(18)10-21(16(12)9-14(15)19)11-2-4-17(5-3-11)22-6-7-23-17;1-18-14-6-11-12(16)8-19(15(11)7-13(14)17)9-2-4-10(20)5-3-9/h8-11H,2-7H2;6-9H,2-5H2. The molecule has 7 nitrogen and oxygen atoms in total. The first-order valence-corrected chi connectivity index (χ1v) is 16.6. The van der Waals surface area contributed by atoms with Crippen LogP contribution in [0.1, 0.15) is 63.5 Å². The highest BCUT2D eigenvalue weighted by molar-refractivity contribution is 9.11. The third-order valence-corrected chi connectivity index (χ3v) is 10.6. The summed E-state index contributed by atoms with van der Waals surface area (Å²) in [5.41, 5.74) is 3.06. The van der Waals surface area contributed by atoms with Gasteiger partial charge < -0.3 is 18.6 Å². The second kappa shape index (κ2) is 12.6. The van der Waals surface area contributed by atoms with E-state index in [0.29, 0.717) is 65.3 Å². The fraction of sp³-hybridized carbons (Fsp3) is 0.406. The van der Waals surface area contributed by atoms with Crippen molar-refractivity contribution in [2.45, 2.75) is 69.2 Å². The van der Waals surface area contributed by atoms with E-state index in [2.05, 4.69) is 56.9 Å². The number of carbonyl (C=O) groups is 1. The molecule has 0 atom stereocenters. The van der Waals surface area contributed by atoms with E-state index in [-0.39, 0.29) is 5.79 Å². The van der Waals surface area contributed by atoms with E-state index in [0.717, 1.165) is 69.3 Å². The minimum absolute atomic E-state index is 0.330. The van der Waals surface area contributed by atoms with Gasteiger partial charge in [0.25, 0.3) is 0 Å². The number of nitrogens with zero attached hydrogens (tertiary/aromatic N) is 4. The van der Waals surface area contributed by atoms with E-state index < -0.39 is 0 Å². The maximum absolute atomic E-state index is 11.4. The fourth-order valence-corrected chi connectivity index (χ4v) is 8.00. The number of aromatic nitrogens is 2. The van der Waals surface area contributed by atoms with Crippen LogP contribution in [0.5, 0.6) is 0 Å². The molecule has 43 heavy (non-hydrogen) atoms. The molecule has 1 aliphatic heterocycles. The lowest BCUT2D eigenvalue weighted by molar-refractivity contribution is -0.181. The summed E-state index contributed by atoms with van der Waals surface area (Å²) in [4.78, 5) is 18.3. The zero-order chi connectivity index (χ0) is 30.3. The predicted molar refractivity (Wildman–Crippen MR) is 176 cm³/mol. The topological polar surface area (TPSA) is 54.1 Å². The van der Waals surface area contributed by atoms with E-state index in [1.165, 1.54) is 0 Å². The Labute approximate surface area is 276 Å². The van der Waals surface area contributed by atoms with Crippen LogP contribution < -0.4 is 0 Å². The monoisotopic (exact) mass is 744 g/mol. The van der Waals surface area contributed by atoms with Gasteiger partial charge in [-0.3, -0.25) is 4.79 Å². The van der Waals surface area contributed by atoms with E-state index in [9.17, 15) is 4.79 Å². The minimum Gasteiger partial charge on any atom is -0.348 e. The number of ketones is 1. The van der Waals surface area contributed by atoms with Gasteiger partial charge in [0.05, 0.1) is 26.4 Å². The number of hydrogen-bond acceptors (Lipinski definition) is 3. The highest BCUT2D eigenvalue weighted by atomic mass is 79.9. The van der Waals surface area contributed by atoms with Crippen molar-refractivity contribution in [3.8, 4) is 0 Å². The fourth-order valence-electron chi connectivity index (χ4n) is 6.52. The van der Waals surface area contributed by atoms with Crippen LogP contribution in [0.3, 0.4) is 0 Å². The Kier molecular flexibility index (Phi) is 8.95. The maximum Gasteiger partial charge on any atom is 0.206 e. The van der Waals surface area contributed by atoms with Gasteiger partial charge in [-0.2, -0.15) is 0 Å². The van der Waals surface area contributed by atoms with E-state index in [1.54, 1.807) is 0 Å². The number of rotatable bonds is 2. The molecule has 222 valence electrons. The van der Waals surface area contributed by atoms with Gasteiger partial charge in [0.1, 0.15) is 5.78 Å². The largest absolute Gasteiger partial charge is 0.348 e. The Bertz CT molecular complexity index is 1790. The molecule has 3 fully saturated rings. The molecule has 2 aromatic heterocycles. The molecule has 0 unspecified atom stereocenters. The second-order valence-electron chi connectivity index (χ2n) is 11.2. The minimum atomic E-state index is -0.342. The molecule has 2 aromatic carbocycles. The van der Waals surface area contributed by atoms with E-state index in [4.69, 9.17) is 45.8 Å². The van der Waals surface area contributed by atoms with Crippen molar-refractivity contribution in [3.63, 3.8) is 0 Å². The molecule has 4 aromatic rings. The Balaban J connectivity index is 0.000000155. The van der Waals surface area contributed by atoms with Crippen LogP contribution in [0.25, 0.3) is 31.5 Å². The number of fused-ring (bicyclic) bond motifs is 2. The normalized spacial score (nSPS) is 19.0. The SMILES string of the molecule is [C-]#[N+]c1cc2c(Br)cn(C3CCC(=O)CC3)c2cc1Cl.[C-]#[N+]c1cc2c(Br)cn(C3CCC4(CC3)OCCO4)c2cc1Cl. The summed E-state index contributed by atoms with van der Waals surface area (Å²) >= 11 is 19.6. The number of hydrogen-bond donors (Lipinski definition) is 0. The van der Waals surface area contributed by atoms with Crippen LogP contribution >= 0.6 is 55.1 Å². The quantitative estimate of drug-likeness (QED) is 0.192. The number of benzene rings is 2. The van der Waals surface area contributed by atoms with Crippen molar-refractivity contribution in [1.82, 2.24) is 9.13 Å². The lowest BCUT2D eigenvalue weighted by atomic mass is 9.90. The lowest BCUT2D eigenvalue weighted by Crippen LogP contribution is -2.35. The van der Waals surface area contributed by atoms with E-state index >= 15 is 0 Å². The van der Waals surface area contributed by atoms with Crippen LogP contribution in [0.2, 0.25) is 10.0 Å². The van der Waals surface area contributed by atoms with Crippen LogP contribution in [-0.4, -0.2) is 33.9 Å². The van der Waals surface area contributed by atoms with Gasteiger partial charge >= 0.3 is 0 Å². The number of carbonyl (C=O) groups excluding carboxylic acids is 1. The molecule has 11 heteroatoms. The number of ether oxygens (including phenoxy) is 2. The van der Waals surface area contributed by atoms with Gasteiger partial charge in [-0.1, -0.05) is 23.2 Å². The van der Waals surface area contributed by atoms with Crippen molar-refractivity contribution in [2.75, 3.05) is 13.2 Å². The van der Waals surface area contributed by atoms with Crippen molar-refractivity contribution < 1.29 is 14.3 Å². The molecule has 0 bridgehead atoms. The molecule has 2 saturated carbocycles. The molecule has 1 saturated heterocycles. The Morgan fingerprint density at radius 3 is 1.65 bits per heavy atom. The van der Waals surface area contributed by atoms with Crippen molar-refractivity contribution in [1.29, 1.82) is 0 Å². The van der Waals surface area contributed by atoms with Crippen LogP contribution in [-0.2, 0) is 14.3 Å². The molecule has 3 aliphatic rings. The van der Waals surface area contributed by atoms with Gasteiger partial charge in [-0.15, -0.1) is 0 Å². The molecule has 0 amide bonds. The average molecular weight is 747 g/mol. The first kappa shape index (κ1) is 30.6. The summed E-state index contributed by atoms with van der Waals surface area (Å²) < 4.78 is 18.1. The Morgan fingerprint density at radius 1 is 0.767 bits per heavy atom. The summed E-state index contributed by atoms with van der Waals surface area (Å²) in [6.45, 7) is 15.8. The third-order valence-electron chi connectivity index (χ3n) is 8.78. The molecular formula is C32H28Br2Cl2N4O3. The molecule has 3 heterocycles. The zero-order valence-corrected chi connectivity index (χ0v) is 27.9. The van der Waals surface area contributed by atoms with Crippen molar-refractivity contribution >= 4 is 94.0 Å². The summed E-state index contributed by atoms with van der Waals surface area (Å²) in [6.07, 6.45) is 11.0. The van der Waals surface area contributed by atoms with Crippen molar-refractivity contribution in [2.24, 2.45) is 0 Å². The maximum atomic E-state index is 11.4. The van der Waals surface area contributed by atoms with Crippen LogP contribution in [0.15, 0.2) is 45.6 Å². The highest BCUT2D eigenvalue weighted by Crippen LogP contribution is 2.44. The first-order valence-electron chi connectivity index (χ1n) is 14.3. The van der Waals surface area contributed by atoms with Gasteiger partial charge in [0.2, 0.25) is 11.4 Å². The summed E-state index contributed by atoms with van der Waals surface area (Å²) in [7, 11) is 0. The van der Waals surface area contributed by atoms with Gasteiger partial charge in [0.15, 0.2) is 5.79 Å². The average Bonchev–Trinajstić information content (AvgIpc) is 3.69. The molecule has 0 N–H and O–H groups in total. The van der Waals surface area contributed by atoms with Crippen molar-refractivity contribution in [3.05, 3.63) is 78.5 Å². The Hall–Kier alpha value is -2.37.